The highest BCUT2D eigenvalue weighted by atomic mass is 127. The van der Waals surface area contributed by atoms with E-state index >= 15 is 0 Å². The molecule has 3 aromatic carbocycles. The summed E-state index contributed by atoms with van der Waals surface area (Å²) in [6, 6.07) is 20.8. The SMILES string of the molecule is Cc1cc(C=O)c(OCCCCCI)cc1/C=C/c1cccc(-c2ccccc2)c1C. The minimum absolute atomic E-state index is 0.616. The number of carbonyl (C=O) groups excluding carboxylic acids is 1. The Balaban J connectivity index is 1.83. The molecule has 3 aromatic rings. The maximum atomic E-state index is 11.5. The second kappa shape index (κ2) is 11.8. The van der Waals surface area contributed by atoms with E-state index in [4.69, 9.17) is 4.74 Å². The van der Waals surface area contributed by atoms with Gasteiger partial charge in [-0.15, -0.1) is 0 Å². The van der Waals surface area contributed by atoms with Gasteiger partial charge in [-0.3, -0.25) is 4.79 Å². The molecule has 0 N–H and O–H groups in total. The zero-order valence-corrected chi connectivity index (χ0v) is 20.4. The number of unbranched alkanes of at least 4 members (excludes halogenated alkanes) is 2. The third kappa shape index (κ3) is 6.30. The molecule has 0 aliphatic carbocycles. The van der Waals surface area contributed by atoms with E-state index in [0.717, 1.165) is 30.3 Å². The van der Waals surface area contributed by atoms with E-state index in [9.17, 15) is 4.79 Å². The van der Waals surface area contributed by atoms with Crippen LogP contribution < -0.4 is 4.74 Å². The number of halogens is 1. The zero-order chi connectivity index (χ0) is 22.1. The van der Waals surface area contributed by atoms with Crippen LogP contribution in [0.3, 0.4) is 0 Å². The van der Waals surface area contributed by atoms with Crippen LogP contribution in [0.5, 0.6) is 5.75 Å². The van der Waals surface area contributed by atoms with Crippen LogP contribution in [0.15, 0.2) is 60.7 Å². The van der Waals surface area contributed by atoms with Crippen molar-refractivity contribution < 1.29 is 9.53 Å². The number of aldehydes is 1. The van der Waals surface area contributed by atoms with Gasteiger partial charge in [0.25, 0.3) is 0 Å². The summed E-state index contributed by atoms with van der Waals surface area (Å²) in [7, 11) is 0. The van der Waals surface area contributed by atoms with Crippen molar-refractivity contribution in [2.45, 2.75) is 33.1 Å². The van der Waals surface area contributed by atoms with Crippen LogP contribution in [0.2, 0.25) is 0 Å². The second-order valence-electron chi connectivity index (χ2n) is 7.68. The molecule has 0 aliphatic heterocycles. The minimum Gasteiger partial charge on any atom is -0.493 e. The third-order valence-electron chi connectivity index (χ3n) is 5.46. The zero-order valence-electron chi connectivity index (χ0n) is 18.2. The van der Waals surface area contributed by atoms with Crippen molar-refractivity contribution in [3.8, 4) is 16.9 Å². The summed E-state index contributed by atoms with van der Waals surface area (Å²) in [6.45, 7) is 4.83. The van der Waals surface area contributed by atoms with Crippen molar-refractivity contribution in [1.82, 2.24) is 0 Å². The highest BCUT2D eigenvalue weighted by molar-refractivity contribution is 14.1. The molecule has 3 rings (SSSR count). The molecular formula is C28H29IO2. The summed E-state index contributed by atoms with van der Waals surface area (Å²) in [6.07, 6.45) is 8.50. The molecule has 0 saturated heterocycles. The molecule has 0 aliphatic rings. The van der Waals surface area contributed by atoms with Gasteiger partial charge in [0.05, 0.1) is 12.2 Å². The summed E-state index contributed by atoms with van der Waals surface area (Å²) in [5.74, 6) is 0.671. The molecule has 0 fully saturated rings. The quantitative estimate of drug-likeness (QED) is 0.0885. The molecule has 31 heavy (non-hydrogen) atoms. The molecule has 0 heterocycles. The first-order chi connectivity index (χ1) is 15.1. The lowest BCUT2D eigenvalue weighted by Gasteiger charge is -2.12. The predicted octanol–water partition coefficient (Wildman–Crippen LogP) is 7.94. The smallest absolute Gasteiger partial charge is 0.153 e. The fraction of sp³-hybridized carbons (Fsp3) is 0.250. The van der Waals surface area contributed by atoms with E-state index in [1.807, 2.05) is 25.1 Å². The normalized spacial score (nSPS) is 11.1. The second-order valence-corrected chi connectivity index (χ2v) is 8.76. The average molecular weight is 524 g/mol. The van der Waals surface area contributed by atoms with Gasteiger partial charge in [0.1, 0.15) is 5.75 Å². The lowest BCUT2D eigenvalue weighted by Crippen LogP contribution is -2.01. The molecule has 0 saturated carbocycles. The number of aryl methyl sites for hydroxylation is 1. The van der Waals surface area contributed by atoms with E-state index in [0.29, 0.717) is 17.9 Å². The molecule has 0 atom stereocenters. The summed E-state index contributed by atoms with van der Waals surface area (Å²) < 4.78 is 7.12. The summed E-state index contributed by atoms with van der Waals surface area (Å²) >= 11 is 2.40. The van der Waals surface area contributed by atoms with Crippen molar-refractivity contribution in [2.24, 2.45) is 0 Å². The van der Waals surface area contributed by atoms with Crippen LogP contribution >= 0.6 is 22.6 Å². The monoisotopic (exact) mass is 524 g/mol. The highest BCUT2D eigenvalue weighted by Crippen LogP contribution is 2.28. The Morgan fingerprint density at radius 2 is 1.61 bits per heavy atom. The van der Waals surface area contributed by atoms with E-state index in [-0.39, 0.29) is 0 Å². The summed E-state index contributed by atoms with van der Waals surface area (Å²) in [5, 5.41) is 0. The Kier molecular flexibility index (Phi) is 8.89. The molecule has 0 bridgehead atoms. The van der Waals surface area contributed by atoms with Gasteiger partial charge < -0.3 is 4.74 Å². The number of hydrogen-bond acceptors (Lipinski definition) is 2. The van der Waals surface area contributed by atoms with Gasteiger partial charge in [-0.05, 0) is 83.1 Å². The van der Waals surface area contributed by atoms with E-state index < -0.39 is 0 Å². The minimum atomic E-state index is 0.616. The predicted molar refractivity (Wildman–Crippen MR) is 140 cm³/mol. The van der Waals surface area contributed by atoms with Crippen LogP contribution in [-0.2, 0) is 0 Å². The molecule has 2 nitrogen and oxygen atoms in total. The number of benzene rings is 3. The number of rotatable bonds is 10. The van der Waals surface area contributed by atoms with Crippen LogP contribution in [0.25, 0.3) is 23.3 Å². The molecular weight excluding hydrogens is 495 g/mol. The first-order valence-corrected chi connectivity index (χ1v) is 12.3. The van der Waals surface area contributed by atoms with Crippen molar-refractivity contribution in [3.05, 3.63) is 88.5 Å². The summed E-state index contributed by atoms with van der Waals surface area (Å²) in [5.41, 5.74) is 7.64. The Hall–Kier alpha value is -2.40. The van der Waals surface area contributed by atoms with Gasteiger partial charge in [0, 0.05) is 0 Å². The molecule has 0 aromatic heterocycles. The lowest BCUT2D eigenvalue weighted by molar-refractivity contribution is 0.111. The van der Waals surface area contributed by atoms with Gasteiger partial charge in [-0.1, -0.05) is 83.3 Å². The first-order valence-electron chi connectivity index (χ1n) is 10.8. The number of carbonyl (C=O) groups is 1. The Morgan fingerprint density at radius 1 is 0.839 bits per heavy atom. The molecule has 0 unspecified atom stereocenters. The van der Waals surface area contributed by atoms with Crippen LogP contribution in [0.4, 0.5) is 0 Å². The Bertz CT molecular complexity index is 1040. The van der Waals surface area contributed by atoms with Crippen molar-refractivity contribution in [1.29, 1.82) is 0 Å². The molecule has 3 heteroatoms. The van der Waals surface area contributed by atoms with Gasteiger partial charge >= 0.3 is 0 Å². The van der Waals surface area contributed by atoms with Crippen LogP contribution in [0, 0.1) is 13.8 Å². The van der Waals surface area contributed by atoms with E-state index in [1.165, 1.54) is 33.1 Å². The first kappa shape index (κ1) is 23.3. The molecule has 0 radical (unpaired) electrons. The van der Waals surface area contributed by atoms with E-state index in [2.05, 4.69) is 84.1 Å². The maximum Gasteiger partial charge on any atom is 0.153 e. The lowest BCUT2D eigenvalue weighted by atomic mass is 9.95. The number of ether oxygens (including phenoxy) is 1. The van der Waals surface area contributed by atoms with Crippen LogP contribution in [-0.4, -0.2) is 17.3 Å². The number of hydrogen-bond donors (Lipinski definition) is 0. The topological polar surface area (TPSA) is 26.3 Å². The van der Waals surface area contributed by atoms with Crippen molar-refractivity contribution in [2.75, 3.05) is 11.0 Å². The van der Waals surface area contributed by atoms with Gasteiger partial charge in [-0.2, -0.15) is 0 Å². The molecule has 0 amide bonds. The standard InChI is InChI=1S/C28H29IO2/c1-21-18-26(20-30)28(31-17-8-4-7-16-29)19-25(21)15-14-23-12-9-13-27(22(23)2)24-10-5-3-6-11-24/h3,5-6,9-15,18-20H,4,7-8,16-17H2,1-2H3/b15-14+. The highest BCUT2D eigenvalue weighted by Gasteiger charge is 2.08. The fourth-order valence-electron chi connectivity index (χ4n) is 3.62. The number of alkyl halides is 1. The molecule has 0 spiro atoms. The van der Waals surface area contributed by atoms with Crippen molar-refractivity contribution in [3.63, 3.8) is 0 Å². The average Bonchev–Trinajstić information content (AvgIpc) is 2.80. The Morgan fingerprint density at radius 3 is 2.35 bits per heavy atom. The van der Waals surface area contributed by atoms with Crippen LogP contribution in [0.1, 0.15) is 51.9 Å². The third-order valence-corrected chi connectivity index (χ3v) is 6.23. The molecule has 160 valence electrons. The van der Waals surface area contributed by atoms with Gasteiger partial charge in [0.2, 0.25) is 0 Å². The van der Waals surface area contributed by atoms with Gasteiger partial charge in [-0.25, -0.2) is 0 Å². The van der Waals surface area contributed by atoms with Gasteiger partial charge in [0.15, 0.2) is 6.29 Å². The maximum absolute atomic E-state index is 11.5. The summed E-state index contributed by atoms with van der Waals surface area (Å²) in [4.78, 5) is 11.5. The fourth-order valence-corrected chi connectivity index (χ4v) is 4.16. The van der Waals surface area contributed by atoms with Crippen molar-refractivity contribution >= 4 is 41.0 Å². The largest absolute Gasteiger partial charge is 0.493 e. The Labute approximate surface area is 199 Å². The van der Waals surface area contributed by atoms with E-state index in [1.54, 1.807) is 0 Å².